The molecule has 0 radical (unpaired) electrons. The van der Waals surface area contributed by atoms with E-state index in [0.29, 0.717) is 29.0 Å². The quantitative estimate of drug-likeness (QED) is 0.737. The Morgan fingerprint density at radius 3 is 2.83 bits per heavy atom. The molecule has 0 unspecified atom stereocenters. The van der Waals surface area contributed by atoms with E-state index in [4.69, 9.17) is 9.72 Å². The lowest BCUT2D eigenvalue weighted by molar-refractivity contribution is -0.116. The molecule has 0 fully saturated rings. The van der Waals surface area contributed by atoms with E-state index in [-0.39, 0.29) is 18.0 Å². The first-order valence-electron chi connectivity index (χ1n) is 10.0. The first kappa shape index (κ1) is 19.2. The Morgan fingerprint density at radius 1 is 1.21 bits per heavy atom. The predicted molar refractivity (Wildman–Crippen MR) is 113 cm³/mol. The molecule has 0 aliphatic carbocycles. The number of aromatic nitrogens is 3. The Balaban J connectivity index is 1.69. The number of rotatable bonds is 4. The molecule has 0 bridgehead atoms. The summed E-state index contributed by atoms with van der Waals surface area (Å²) in [5.41, 5.74) is 3.60. The fourth-order valence-electron chi connectivity index (χ4n) is 4.02. The lowest BCUT2D eigenvalue weighted by Crippen LogP contribution is -2.28. The Labute approximate surface area is 169 Å². The van der Waals surface area contributed by atoms with E-state index in [2.05, 4.69) is 5.32 Å². The van der Waals surface area contributed by atoms with Gasteiger partial charge in [0.2, 0.25) is 5.91 Å². The second-order valence-electron chi connectivity index (χ2n) is 7.65. The van der Waals surface area contributed by atoms with Crippen molar-refractivity contribution in [2.45, 2.75) is 52.6 Å². The second kappa shape index (κ2) is 7.73. The molecule has 0 spiro atoms. The lowest BCUT2D eigenvalue weighted by Gasteiger charge is -2.13. The number of fused-ring (bicyclic) bond motifs is 2. The number of nitrogens with zero attached hydrogens (tertiary/aromatic N) is 3. The Morgan fingerprint density at radius 2 is 2.03 bits per heavy atom. The molecule has 1 aliphatic heterocycles. The molecule has 152 valence electrons. The van der Waals surface area contributed by atoms with Crippen molar-refractivity contribution in [2.24, 2.45) is 0 Å². The van der Waals surface area contributed by atoms with Gasteiger partial charge in [0.15, 0.2) is 0 Å². The number of carbonyl (C=O) groups is 1. The van der Waals surface area contributed by atoms with Crippen molar-refractivity contribution in [2.75, 3.05) is 12.4 Å². The maximum Gasteiger partial charge on any atom is 0.278 e. The summed E-state index contributed by atoms with van der Waals surface area (Å²) in [4.78, 5) is 30.7. The third-order valence-electron chi connectivity index (χ3n) is 5.51. The molecule has 3 heterocycles. The molecule has 1 amide bonds. The van der Waals surface area contributed by atoms with Crippen LogP contribution in [0.3, 0.4) is 0 Å². The van der Waals surface area contributed by atoms with Crippen LogP contribution in [0.25, 0.3) is 11.0 Å². The zero-order chi connectivity index (χ0) is 20.5. The molecule has 0 atom stereocenters. The standard InChI is InChI=1S/C22H26N4O3/c1-14-8-9-18(29-3)16(11-14)24-20(27)13-26-15(2)12-17-21(26)22(28)25-10-6-4-5-7-19(25)23-17/h8-9,11-12H,4-7,10,13H2,1-3H3,(H,24,27). The SMILES string of the molecule is COc1ccc(C)cc1NC(=O)Cn1c(C)cc2nc3n(c(=O)c21)CCCCC3. The minimum atomic E-state index is -0.214. The monoisotopic (exact) mass is 394 g/mol. The summed E-state index contributed by atoms with van der Waals surface area (Å²) in [6, 6.07) is 7.51. The molecule has 0 saturated heterocycles. The fraction of sp³-hybridized carbons (Fsp3) is 0.409. The molecule has 3 aromatic rings. The lowest BCUT2D eigenvalue weighted by atomic mass is 10.2. The van der Waals surface area contributed by atoms with Crippen LogP contribution in [-0.2, 0) is 24.3 Å². The van der Waals surface area contributed by atoms with E-state index in [0.717, 1.165) is 42.8 Å². The van der Waals surface area contributed by atoms with Gasteiger partial charge in [0.05, 0.1) is 18.3 Å². The molecule has 0 saturated carbocycles. The van der Waals surface area contributed by atoms with E-state index < -0.39 is 0 Å². The van der Waals surface area contributed by atoms with Gasteiger partial charge in [-0.05, 0) is 50.5 Å². The van der Waals surface area contributed by atoms with Gasteiger partial charge in [0.25, 0.3) is 5.56 Å². The van der Waals surface area contributed by atoms with Crippen LogP contribution in [-0.4, -0.2) is 27.1 Å². The Kier molecular flexibility index (Phi) is 5.13. The molecule has 1 N–H and O–H groups in total. The number of hydrogen-bond donors (Lipinski definition) is 1. The van der Waals surface area contributed by atoms with Gasteiger partial charge < -0.3 is 14.6 Å². The molecule has 7 nitrogen and oxygen atoms in total. The predicted octanol–water partition coefficient (Wildman–Crippen LogP) is 3.19. The first-order valence-corrected chi connectivity index (χ1v) is 10.0. The summed E-state index contributed by atoms with van der Waals surface area (Å²) in [7, 11) is 1.57. The molecule has 29 heavy (non-hydrogen) atoms. The molecular formula is C22H26N4O3. The Bertz CT molecular complexity index is 1140. The molecule has 1 aromatic carbocycles. The van der Waals surface area contributed by atoms with Crippen molar-refractivity contribution in [3.8, 4) is 5.75 Å². The maximum atomic E-state index is 13.2. The molecule has 4 rings (SSSR count). The number of nitrogens with one attached hydrogen (secondary N) is 1. The zero-order valence-corrected chi connectivity index (χ0v) is 17.1. The van der Waals surface area contributed by atoms with E-state index in [9.17, 15) is 9.59 Å². The molecule has 7 heteroatoms. The average molecular weight is 394 g/mol. The number of carbonyl (C=O) groups excluding carboxylic acids is 1. The van der Waals surface area contributed by atoms with Crippen molar-refractivity contribution in [3.05, 3.63) is 51.7 Å². The van der Waals surface area contributed by atoms with Gasteiger partial charge in [0, 0.05) is 18.7 Å². The van der Waals surface area contributed by atoms with Crippen LogP contribution in [0.5, 0.6) is 5.75 Å². The summed E-state index contributed by atoms with van der Waals surface area (Å²) < 4.78 is 8.89. The second-order valence-corrected chi connectivity index (χ2v) is 7.65. The smallest absolute Gasteiger partial charge is 0.278 e. The topological polar surface area (TPSA) is 78.2 Å². The van der Waals surface area contributed by atoms with Gasteiger partial charge in [-0.2, -0.15) is 0 Å². The third-order valence-corrected chi connectivity index (χ3v) is 5.51. The summed E-state index contributed by atoms with van der Waals surface area (Å²) in [6.07, 6.45) is 3.96. The molecule has 2 aromatic heterocycles. The van der Waals surface area contributed by atoms with E-state index >= 15 is 0 Å². The van der Waals surface area contributed by atoms with Gasteiger partial charge in [-0.1, -0.05) is 12.5 Å². The highest BCUT2D eigenvalue weighted by atomic mass is 16.5. The molecular weight excluding hydrogens is 368 g/mol. The average Bonchev–Trinajstić information content (AvgIpc) is 2.84. The number of hydrogen-bond acceptors (Lipinski definition) is 4. The highest BCUT2D eigenvalue weighted by Crippen LogP contribution is 2.25. The number of ether oxygens (including phenoxy) is 1. The molecule has 1 aliphatic rings. The largest absolute Gasteiger partial charge is 0.495 e. The maximum absolute atomic E-state index is 13.2. The number of anilines is 1. The summed E-state index contributed by atoms with van der Waals surface area (Å²) in [5.74, 6) is 1.24. The summed E-state index contributed by atoms with van der Waals surface area (Å²) in [5, 5.41) is 2.91. The van der Waals surface area contributed by atoms with Crippen LogP contribution < -0.4 is 15.6 Å². The highest BCUT2D eigenvalue weighted by molar-refractivity contribution is 5.93. The van der Waals surface area contributed by atoms with Gasteiger partial charge in [-0.3, -0.25) is 14.2 Å². The van der Waals surface area contributed by atoms with Crippen molar-refractivity contribution in [1.29, 1.82) is 0 Å². The minimum Gasteiger partial charge on any atom is -0.495 e. The van der Waals surface area contributed by atoms with Crippen LogP contribution in [0.4, 0.5) is 5.69 Å². The van der Waals surface area contributed by atoms with Crippen LogP contribution in [0.1, 0.15) is 36.3 Å². The van der Waals surface area contributed by atoms with Crippen LogP contribution in [0.2, 0.25) is 0 Å². The van der Waals surface area contributed by atoms with Gasteiger partial charge in [0.1, 0.15) is 23.6 Å². The van der Waals surface area contributed by atoms with E-state index in [1.165, 1.54) is 0 Å². The van der Waals surface area contributed by atoms with Gasteiger partial charge in [-0.25, -0.2) is 4.98 Å². The van der Waals surface area contributed by atoms with Gasteiger partial charge in [-0.15, -0.1) is 0 Å². The normalized spacial score (nSPS) is 13.8. The third kappa shape index (κ3) is 3.64. The number of amides is 1. The van der Waals surface area contributed by atoms with Crippen LogP contribution >= 0.6 is 0 Å². The summed E-state index contributed by atoms with van der Waals surface area (Å²) >= 11 is 0. The first-order chi connectivity index (χ1) is 14.0. The van der Waals surface area contributed by atoms with Crippen molar-refractivity contribution in [3.63, 3.8) is 0 Å². The van der Waals surface area contributed by atoms with Crippen LogP contribution in [0.15, 0.2) is 29.1 Å². The summed E-state index contributed by atoms with van der Waals surface area (Å²) in [6.45, 7) is 4.59. The zero-order valence-electron chi connectivity index (χ0n) is 17.1. The van der Waals surface area contributed by atoms with E-state index in [1.807, 2.05) is 38.1 Å². The fourth-order valence-corrected chi connectivity index (χ4v) is 4.02. The van der Waals surface area contributed by atoms with E-state index in [1.54, 1.807) is 16.2 Å². The number of benzene rings is 1. The highest BCUT2D eigenvalue weighted by Gasteiger charge is 2.19. The van der Waals surface area contributed by atoms with Crippen LogP contribution in [0, 0.1) is 13.8 Å². The van der Waals surface area contributed by atoms with Crippen molar-refractivity contribution >= 4 is 22.6 Å². The number of aryl methyl sites for hydroxylation is 3. The van der Waals surface area contributed by atoms with Gasteiger partial charge >= 0.3 is 0 Å². The number of methoxy groups -OCH3 is 1. The van der Waals surface area contributed by atoms with Crippen molar-refractivity contribution < 1.29 is 9.53 Å². The Hall–Kier alpha value is -3.09. The minimum absolute atomic E-state index is 0.0443. The van der Waals surface area contributed by atoms with Crippen molar-refractivity contribution in [1.82, 2.24) is 14.1 Å².